The molecule has 0 spiro atoms. The fourth-order valence-electron chi connectivity index (χ4n) is 2.47. The lowest BCUT2D eigenvalue weighted by Gasteiger charge is -2.19. The van der Waals surface area contributed by atoms with Crippen LogP contribution in [0.3, 0.4) is 0 Å². The van der Waals surface area contributed by atoms with Crippen LogP contribution in [0.1, 0.15) is 18.1 Å². The van der Waals surface area contributed by atoms with E-state index in [2.05, 4.69) is 15.0 Å². The zero-order valence-electron chi connectivity index (χ0n) is 13.6. The van der Waals surface area contributed by atoms with Gasteiger partial charge in [-0.05, 0) is 30.2 Å². The lowest BCUT2D eigenvalue weighted by Crippen LogP contribution is -2.22. The third-order valence-corrected chi connectivity index (χ3v) is 3.86. The highest BCUT2D eigenvalue weighted by Crippen LogP contribution is 2.19. The molecule has 0 amide bonds. The van der Waals surface area contributed by atoms with Gasteiger partial charge in [-0.25, -0.2) is 9.97 Å². The third-order valence-electron chi connectivity index (χ3n) is 3.86. The van der Waals surface area contributed by atoms with Gasteiger partial charge >= 0.3 is 0 Å². The Hall–Kier alpha value is -2.79. The standard InChI is InChI=1S/C19H20N4O/c1-23(13-10-18(24)15-6-3-2-4-7-15)19-21-12-9-17(22-19)16-8-5-11-20-14-16/h2-9,11-12,14,18,24H,10,13H2,1H3/t18-/m0/s1. The molecule has 0 fully saturated rings. The number of hydrogen-bond donors (Lipinski definition) is 1. The van der Waals surface area contributed by atoms with E-state index in [-0.39, 0.29) is 0 Å². The Morgan fingerprint density at radius 3 is 2.62 bits per heavy atom. The maximum atomic E-state index is 10.3. The molecule has 0 radical (unpaired) electrons. The lowest BCUT2D eigenvalue weighted by molar-refractivity contribution is 0.169. The molecule has 1 atom stereocenters. The second kappa shape index (κ2) is 7.66. The van der Waals surface area contributed by atoms with E-state index in [1.807, 2.05) is 60.5 Å². The minimum Gasteiger partial charge on any atom is -0.388 e. The second-order valence-corrected chi connectivity index (χ2v) is 5.62. The van der Waals surface area contributed by atoms with E-state index < -0.39 is 6.10 Å². The van der Waals surface area contributed by atoms with Gasteiger partial charge < -0.3 is 10.0 Å². The number of pyridine rings is 1. The maximum Gasteiger partial charge on any atom is 0.225 e. The van der Waals surface area contributed by atoms with E-state index in [1.165, 1.54) is 0 Å². The van der Waals surface area contributed by atoms with Gasteiger partial charge in [0, 0.05) is 37.7 Å². The Bertz CT molecular complexity index is 765. The van der Waals surface area contributed by atoms with Gasteiger partial charge in [-0.2, -0.15) is 0 Å². The first kappa shape index (κ1) is 16.1. The molecule has 122 valence electrons. The van der Waals surface area contributed by atoms with Crippen LogP contribution in [0.4, 0.5) is 5.95 Å². The van der Waals surface area contributed by atoms with Crippen molar-refractivity contribution in [2.45, 2.75) is 12.5 Å². The summed E-state index contributed by atoms with van der Waals surface area (Å²) < 4.78 is 0. The Balaban J connectivity index is 1.66. The van der Waals surface area contributed by atoms with Crippen molar-refractivity contribution in [3.63, 3.8) is 0 Å². The smallest absolute Gasteiger partial charge is 0.225 e. The van der Waals surface area contributed by atoms with Crippen LogP contribution in [0.5, 0.6) is 0 Å². The van der Waals surface area contributed by atoms with Crippen LogP contribution in [0.2, 0.25) is 0 Å². The molecule has 24 heavy (non-hydrogen) atoms. The highest BCUT2D eigenvalue weighted by atomic mass is 16.3. The van der Waals surface area contributed by atoms with Crippen molar-refractivity contribution in [1.82, 2.24) is 15.0 Å². The first-order chi connectivity index (χ1) is 11.7. The van der Waals surface area contributed by atoms with Crippen molar-refractivity contribution in [2.75, 3.05) is 18.5 Å². The van der Waals surface area contributed by atoms with Gasteiger partial charge in [0.25, 0.3) is 0 Å². The summed E-state index contributed by atoms with van der Waals surface area (Å²) in [6, 6.07) is 15.4. The zero-order valence-corrected chi connectivity index (χ0v) is 13.6. The SMILES string of the molecule is CN(CC[C@H](O)c1ccccc1)c1nccc(-c2cccnc2)n1. The molecule has 0 bridgehead atoms. The molecular formula is C19H20N4O. The quantitative estimate of drug-likeness (QED) is 0.756. The molecule has 5 nitrogen and oxygen atoms in total. The monoisotopic (exact) mass is 320 g/mol. The Labute approximate surface area is 141 Å². The highest BCUT2D eigenvalue weighted by molar-refractivity contribution is 5.58. The van der Waals surface area contributed by atoms with E-state index in [4.69, 9.17) is 0 Å². The molecule has 1 N–H and O–H groups in total. The molecular weight excluding hydrogens is 300 g/mol. The number of benzene rings is 1. The summed E-state index contributed by atoms with van der Waals surface area (Å²) in [6.45, 7) is 0.659. The van der Waals surface area contributed by atoms with Crippen LogP contribution in [0.15, 0.2) is 67.1 Å². The van der Waals surface area contributed by atoms with Crippen LogP contribution < -0.4 is 4.90 Å². The lowest BCUT2D eigenvalue weighted by atomic mass is 10.1. The average molecular weight is 320 g/mol. The van der Waals surface area contributed by atoms with Gasteiger partial charge in [0.15, 0.2) is 0 Å². The number of anilines is 1. The second-order valence-electron chi connectivity index (χ2n) is 5.62. The van der Waals surface area contributed by atoms with Crippen molar-refractivity contribution < 1.29 is 5.11 Å². The maximum absolute atomic E-state index is 10.3. The van der Waals surface area contributed by atoms with E-state index in [1.54, 1.807) is 18.6 Å². The van der Waals surface area contributed by atoms with Gasteiger partial charge in [-0.1, -0.05) is 30.3 Å². The predicted molar refractivity (Wildman–Crippen MR) is 94.6 cm³/mol. The van der Waals surface area contributed by atoms with Gasteiger partial charge in [-0.15, -0.1) is 0 Å². The van der Waals surface area contributed by atoms with Crippen LogP contribution in [-0.2, 0) is 0 Å². The van der Waals surface area contributed by atoms with Crippen LogP contribution in [0, 0.1) is 0 Å². The fourth-order valence-corrected chi connectivity index (χ4v) is 2.47. The van der Waals surface area contributed by atoms with Crippen molar-refractivity contribution >= 4 is 5.95 Å². The van der Waals surface area contributed by atoms with Crippen LogP contribution >= 0.6 is 0 Å². The Morgan fingerprint density at radius 2 is 1.88 bits per heavy atom. The van der Waals surface area contributed by atoms with Crippen molar-refractivity contribution in [2.24, 2.45) is 0 Å². The van der Waals surface area contributed by atoms with Crippen LogP contribution in [0.25, 0.3) is 11.3 Å². The fraction of sp³-hybridized carbons (Fsp3) is 0.211. The summed E-state index contributed by atoms with van der Waals surface area (Å²) in [5.74, 6) is 0.636. The molecule has 2 heterocycles. The third kappa shape index (κ3) is 3.94. The predicted octanol–water partition coefficient (Wildman–Crippen LogP) is 3.10. The summed E-state index contributed by atoms with van der Waals surface area (Å²) in [7, 11) is 1.93. The summed E-state index contributed by atoms with van der Waals surface area (Å²) in [4.78, 5) is 15.0. The number of hydrogen-bond acceptors (Lipinski definition) is 5. The van der Waals surface area contributed by atoms with E-state index in [0.29, 0.717) is 18.9 Å². The van der Waals surface area contributed by atoms with Crippen LogP contribution in [-0.4, -0.2) is 33.7 Å². The van der Waals surface area contributed by atoms with Gasteiger partial charge in [0.05, 0.1) is 11.8 Å². The molecule has 3 aromatic rings. The Morgan fingerprint density at radius 1 is 1.04 bits per heavy atom. The molecule has 3 rings (SSSR count). The summed E-state index contributed by atoms with van der Waals surface area (Å²) >= 11 is 0. The van der Waals surface area contributed by atoms with Gasteiger partial charge in [0.2, 0.25) is 5.95 Å². The van der Waals surface area contributed by atoms with Crippen molar-refractivity contribution in [3.05, 3.63) is 72.7 Å². The molecule has 1 aromatic carbocycles. The summed E-state index contributed by atoms with van der Waals surface area (Å²) in [5.41, 5.74) is 2.72. The first-order valence-electron chi connectivity index (χ1n) is 7.91. The average Bonchev–Trinajstić information content (AvgIpc) is 2.67. The van der Waals surface area contributed by atoms with Crippen molar-refractivity contribution in [3.8, 4) is 11.3 Å². The number of aromatic nitrogens is 3. The number of aliphatic hydroxyl groups excluding tert-OH is 1. The van der Waals surface area contributed by atoms with Gasteiger partial charge in [-0.3, -0.25) is 4.98 Å². The van der Waals surface area contributed by atoms with E-state index >= 15 is 0 Å². The summed E-state index contributed by atoms with van der Waals surface area (Å²) in [6.07, 6.45) is 5.39. The topological polar surface area (TPSA) is 62.1 Å². The molecule has 0 saturated heterocycles. The van der Waals surface area contributed by atoms with Crippen molar-refractivity contribution in [1.29, 1.82) is 0 Å². The normalized spacial score (nSPS) is 11.9. The molecule has 0 saturated carbocycles. The molecule has 2 aromatic heterocycles. The van der Waals surface area contributed by atoms with Gasteiger partial charge in [0.1, 0.15) is 0 Å². The minimum atomic E-state index is -0.491. The Kier molecular flexibility index (Phi) is 5.13. The first-order valence-corrected chi connectivity index (χ1v) is 7.91. The minimum absolute atomic E-state index is 0.491. The number of rotatable bonds is 6. The summed E-state index contributed by atoms with van der Waals surface area (Å²) in [5, 5.41) is 10.3. The molecule has 0 aliphatic heterocycles. The highest BCUT2D eigenvalue weighted by Gasteiger charge is 2.11. The largest absolute Gasteiger partial charge is 0.388 e. The zero-order chi connectivity index (χ0) is 16.8. The molecule has 0 aliphatic carbocycles. The number of nitrogens with zero attached hydrogens (tertiary/aromatic N) is 4. The van der Waals surface area contributed by atoms with E-state index in [0.717, 1.165) is 16.8 Å². The molecule has 0 aliphatic rings. The molecule has 0 unspecified atom stereocenters. The van der Waals surface area contributed by atoms with E-state index in [9.17, 15) is 5.11 Å². The number of aliphatic hydroxyl groups is 1. The molecule has 5 heteroatoms.